The highest BCUT2D eigenvalue weighted by molar-refractivity contribution is 5.99. The first kappa shape index (κ1) is 96.1. The number of hydrogen-bond donors (Lipinski definition) is 25. The molecule has 0 aromatic carbocycles. The van der Waals surface area contributed by atoms with Crippen LogP contribution in [0, 0.1) is 0 Å². The Hall–Kier alpha value is -7.77. The lowest BCUT2D eigenvalue weighted by Gasteiger charge is -2.52. The number of primary amides is 1. The van der Waals surface area contributed by atoms with Gasteiger partial charge in [0, 0.05) is 40.3 Å². The standard InChI is InChI=1S/C67H110N12O36/c1-24(62(104)105)70-56(98)33(20-80)75-58(100)41(25(2)84)76-59(101)42(77-55(97)32(18-40(69)90)74-57(99)34-13-10-16-78(34)61(103)35-14-11-17-79(35)60(102)31(71-28(5)85)12-8-9-15-68)26(3)108-63-44(73-30(7)87)53(113-64-49(95)48(94)45(91)27(4)109-64)51(39(23-83)111-63)112-65-50(96)54(47(93)38(22-82)110-65)115-67(66(106)107)19-36(88)43(72-29(6)86)52(114-67)46(92)37(89)21-81/h24-27,31-39,41-54,63-65,80-84,88-89,91-96H,8-23,68H2,1-7H3,(H2,69,90)(H,70,98)(H,71,85)(H,72,86)(H,73,87)(H,74,99)(H,75,100)(H,76,101)(H,77,97)(H,104,105)(H,106,107)/t24-,25+,26+,27-,31-,32-,33-,34-,35-,36-,37-,38+,39+,41-,42-,43+,44+,45+,46+,47-,48+,49-,50+,51+,52+,53+,54-,63+,64-,65-,67-/m0/s1. The molecule has 48 nitrogen and oxygen atoms in total. The molecule has 6 fully saturated rings. The average molecular weight is 1660 g/mol. The molecule has 0 radical (unpaired) electrons. The number of carbonyl (C=O) groups excluding carboxylic acids is 11. The number of amides is 11. The summed E-state index contributed by atoms with van der Waals surface area (Å²) >= 11 is 0. The summed E-state index contributed by atoms with van der Waals surface area (Å²) in [6.45, 7) is 2.46. The molecular formula is C67H110N12O36. The van der Waals surface area contributed by atoms with Gasteiger partial charge in [0.2, 0.25) is 65.0 Å². The van der Waals surface area contributed by atoms with Crippen LogP contribution in [0.1, 0.15) is 106 Å². The molecule has 0 aromatic heterocycles. The summed E-state index contributed by atoms with van der Waals surface area (Å²) in [5, 5.41) is 182. The summed E-state index contributed by atoms with van der Waals surface area (Å²) in [6, 6.07) is -17.9. The minimum Gasteiger partial charge on any atom is -0.480 e. The van der Waals surface area contributed by atoms with Gasteiger partial charge in [0.1, 0.15) is 134 Å². The summed E-state index contributed by atoms with van der Waals surface area (Å²) < 4.78 is 48.3. The third kappa shape index (κ3) is 24.2. The van der Waals surface area contributed by atoms with Gasteiger partial charge in [0.25, 0.3) is 5.79 Å². The van der Waals surface area contributed by atoms with E-state index in [0.29, 0.717) is 25.8 Å². The van der Waals surface area contributed by atoms with E-state index in [1.54, 1.807) is 0 Å². The van der Waals surface area contributed by atoms with Gasteiger partial charge in [0.15, 0.2) is 18.9 Å². The van der Waals surface area contributed by atoms with E-state index in [9.17, 15) is 129 Å². The molecule has 6 rings (SSSR count). The van der Waals surface area contributed by atoms with Gasteiger partial charge in [-0.2, -0.15) is 0 Å². The normalized spacial score (nSPS) is 32.8. The van der Waals surface area contributed by atoms with Crippen molar-refractivity contribution < 1.29 is 177 Å². The van der Waals surface area contributed by atoms with Crippen molar-refractivity contribution in [3.63, 3.8) is 0 Å². The molecule has 31 atom stereocenters. The highest BCUT2D eigenvalue weighted by atomic mass is 16.8. The van der Waals surface area contributed by atoms with Crippen LogP contribution in [0.3, 0.4) is 0 Å². The van der Waals surface area contributed by atoms with Crippen LogP contribution >= 0.6 is 0 Å². The molecule has 11 amide bonds. The van der Waals surface area contributed by atoms with Crippen molar-refractivity contribution in [2.45, 2.75) is 295 Å². The fourth-order valence-corrected chi connectivity index (χ4v) is 14.2. The van der Waals surface area contributed by atoms with Gasteiger partial charge in [-0.1, -0.05) is 0 Å². The zero-order chi connectivity index (χ0) is 86.1. The smallest absolute Gasteiger partial charge is 0.364 e. The number of rotatable bonds is 39. The SMILES string of the molecule is CC(=O)N[C@H]1[C@H](O[C@H](C)[C@H](NC(=O)[C@H](CC(N)=O)NC(=O)[C@@H]2CCCN2C(=O)[C@@H]2CCCN2C(=O)[C@H](CCCCN)NC(C)=O)C(=O)N[C@H](C(=O)N[C@@H](CO)C(=O)N[C@@H](C)C(=O)O)[C@@H](C)O)O[C@H](CO)[C@@H](O[C@@H]2O[C@H](CO)[C@H](O)[C@H](O[C@]3(C(=O)O)C[C@H](O)[C@@H](NC(C)=O)[C@H]([C@H](O)[C@@H](O)CO)O3)[C@H]2O)[C@@H]1O[C@@H]1O[C@@H](C)[C@@H](O)[C@@H](O)[C@@H]1O. The lowest BCUT2D eigenvalue weighted by atomic mass is 9.88. The minimum absolute atomic E-state index is 0.0664. The second kappa shape index (κ2) is 43.1. The summed E-state index contributed by atoms with van der Waals surface area (Å²) in [5.41, 5.74) is 11.3. The van der Waals surface area contributed by atoms with Crippen molar-refractivity contribution in [1.82, 2.24) is 52.3 Å². The van der Waals surface area contributed by atoms with Crippen molar-refractivity contribution in [2.75, 3.05) is 46.1 Å². The fraction of sp³-hybridized carbons (Fsp3) is 0.806. The van der Waals surface area contributed by atoms with Crippen LogP contribution in [0.2, 0.25) is 0 Å². The van der Waals surface area contributed by atoms with E-state index < -0.39 is 305 Å². The fourth-order valence-electron chi connectivity index (χ4n) is 14.2. The zero-order valence-electron chi connectivity index (χ0n) is 64.0. The summed E-state index contributed by atoms with van der Waals surface area (Å²) in [7, 11) is 0. The van der Waals surface area contributed by atoms with Crippen LogP contribution in [-0.2, 0) is 100 Å². The minimum atomic E-state index is -3.35. The number of carbonyl (C=O) groups is 13. The Morgan fingerprint density at radius 3 is 1.72 bits per heavy atom. The number of hydrogen-bond acceptors (Lipinski definition) is 35. The molecule has 0 spiro atoms. The van der Waals surface area contributed by atoms with E-state index in [-0.39, 0.29) is 38.8 Å². The Morgan fingerprint density at radius 2 is 1.16 bits per heavy atom. The van der Waals surface area contributed by atoms with Crippen molar-refractivity contribution in [3.05, 3.63) is 0 Å². The van der Waals surface area contributed by atoms with Gasteiger partial charge < -0.3 is 178 Å². The summed E-state index contributed by atoms with van der Waals surface area (Å²) in [5.74, 6) is -19.0. The molecule has 0 aromatic rings. The van der Waals surface area contributed by atoms with E-state index in [0.717, 1.165) is 39.5 Å². The van der Waals surface area contributed by atoms with E-state index in [4.69, 9.17) is 49.4 Å². The van der Waals surface area contributed by atoms with Gasteiger partial charge in [-0.05, 0) is 79.2 Å². The first-order valence-corrected chi connectivity index (χ1v) is 37.3. The van der Waals surface area contributed by atoms with Gasteiger partial charge in [-0.15, -0.1) is 0 Å². The summed E-state index contributed by atoms with van der Waals surface area (Å²) in [4.78, 5) is 179. The van der Waals surface area contributed by atoms with Gasteiger partial charge in [-0.3, -0.25) is 57.5 Å². The Labute approximate surface area is 656 Å². The number of ether oxygens (including phenoxy) is 8. The van der Waals surface area contributed by atoms with E-state index >= 15 is 9.59 Å². The molecule has 6 heterocycles. The van der Waals surface area contributed by atoms with Crippen LogP contribution in [0.5, 0.6) is 0 Å². The molecule has 6 aliphatic rings. The molecule has 0 saturated carbocycles. The van der Waals surface area contributed by atoms with Crippen LogP contribution in [0.4, 0.5) is 0 Å². The number of aliphatic carboxylic acids is 2. The third-order valence-electron chi connectivity index (χ3n) is 20.2. The lowest BCUT2D eigenvalue weighted by Crippen LogP contribution is -2.72. The number of nitrogens with one attached hydrogen (secondary N) is 8. The second-order valence-electron chi connectivity index (χ2n) is 29.0. The Kier molecular flexibility index (Phi) is 36.0. The number of aliphatic hydroxyl groups excluding tert-OH is 13. The van der Waals surface area contributed by atoms with E-state index in [1.807, 2.05) is 10.6 Å². The number of aliphatic hydroxyl groups is 13. The highest BCUT2D eigenvalue weighted by Crippen LogP contribution is 2.40. The maximum absolute atomic E-state index is 15.2. The van der Waals surface area contributed by atoms with E-state index in [2.05, 4.69) is 31.9 Å². The number of nitrogens with zero attached hydrogens (tertiary/aromatic N) is 2. The Balaban J connectivity index is 1.42. The monoisotopic (exact) mass is 1660 g/mol. The molecule has 48 heteroatoms. The van der Waals surface area contributed by atoms with Crippen LogP contribution in [0.25, 0.3) is 0 Å². The van der Waals surface area contributed by atoms with Crippen molar-refractivity contribution in [1.29, 1.82) is 0 Å². The van der Waals surface area contributed by atoms with Crippen molar-refractivity contribution in [3.8, 4) is 0 Å². The number of likely N-dealkylation sites (tertiary alicyclic amines) is 2. The van der Waals surface area contributed by atoms with Crippen LogP contribution < -0.4 is 54.0 Å². The number of nitrogens with two attached hydrogens (primary N) is 2. The number of carboxylic acids is 2. The molecule has 0 unspecified atom stereocenters. The molecule has 115 heavy (non-hydrogen) atoms. The van der Waals surface area contributed by atoms with Gasteiger partial charge in [0.05, 0.1) is 63.3 Å². The number of carboxylic acid groups (broad SMARTS) is 2. The molecule has 0 bridgehead atoms. The van der Waals surface area contributed by atoms with Gasteiger partial charge in [-0.25, -0.2) is 4.79 Å². The molecule has 27 N–H and O–H groups in total. The van der Waals surface area contributed by atoms with Crippen molar-refractivity contribution in [2.24, 2.45) is 11.5 Å². The number of unbranched alkanes of at least 4 members (excludes halogenated alkanes) is 1. The lowest BCUT2D eigenvalue weighted by molar-refractivity contribution is -0.392. The predicted octanol–water partition coefficient (Wildman–Crippen LogP) is -14.4. The zero-order valence-corrected chi connectivity index (χ0v) is 64.0. The molecule has 654 valence electrons. The van der Waals surface area contributed by atoms with Crippen LogP contribution in [-0.4, -0.2) is 398 Å². The second-order valence-corrected chi connectivity index (χ2v) is 29.0. The Morgan fingerprint density at radius 1 is 0.583 bits per heavy atom. The summed E-state index contributed by atoms with van der Waals surface area (Å²) in [6.07, 6.45) is -44.2. The maximum Gasteiger partial charge on any atom is 0.364 e. The largest absolute Gasteiger partial charge is 0.480 e. The van der Waals surface area contributed by atoms with Gasteiger partial charge >= 0.3 is 11.9 Å². The first-order valence-electron chi connectivity index (χ1n) is 37.3. The molecular weight excluding hydrogens is 1550 g/mol. The Bertz CT molecular complexity index is 3370. The van der Waals surface area contributed by atoms with Crippen LogP contribution in [0.15, 0.2) is 0 Å². The molecule has 0 aliphatic carbocycles. The van der Waals surface area contributed by atoms with Crippen molar-refractivity contribution >= 4 is 76.9 Å². The topological polar surface area (TPSA) is 754 Å². The quantitative estimate of drug-likeness (QED) is 0.0254. The maximum atomic E-state index is 15.2. The highest BCUT2D eigenvalue weighted by Gasteiger charge is 2.62. The third-order valence-corrected chi connectivity index (χ3v) is 20.2. The van der Waals surface area contributed by atoms with E-state index in [1.165, 1.54) is 18.7 Å². The average Bonchev–Trinajstić information content (AvgIpc) is 1.37. The molecule has 6 saturated heterocycles. The predicted molar refractivity (Wildman–Crippen MR) is 377 cm³/mol. The first-order chi connectivity index (χ1) is 54.0. The molecule has 6 aliphatic heterocycles.